The summed E-state index contributed by atoms with van der Waals surface area (Å²) in [5.74, 6) is 2.41. The number of hydrogen-bond donors (Lipinski definition) is 1. The van der Waals surface area contributed by atoms with Crippen LogP contribution in [-0.2, 0) is 0 Å². The van der Waals surface area contributed by atoms with Gasteiger partial charge in [0.1, 0.15) is 0 Å². The Morgan fingerprint density at radius 1 is 1.35 bits per heavy atom. The van der Waals surface area contributed by atoms with Crippen LogP contribution in [0.1, 0.15) is 31.2 Å². The third-order valence-corrected chi connectivity index (χ3v) is 3.20. The maximum Gasteiger partial charge on any atom is 0.161 e. The average molecular weight is 236 g/mol. The van der Waals surface area contributed by atoms with Gasteiger partial charge in [0, 0.05) is 12.5 Å². The van der Waals surface area contributed by atoms with E-state index in [0.717, 1.165) is 29.6 Å². The first-order valence-corrected chi connectivity index (χ1v) is 6.16. The molecule has 3 heteroatoms. The summed E-state index contributed by atoms with van der Waals surface area (Å²) in [7, 11) is 1.65. The van der Waals surface area contributed by atoms with Crippen molar-refractivity contribution < 1.29 is 14.6 Å². The molecule has 2 rings (SSSR count). The SMILES string of the molecule is COc1cc(C(C)CO)ccc1OCC1CC1. The summed E-state index contributed by atoms with van der Waals surface area (Å²) in [4.78, 5) is 0. The second kappa shape index (κ2) is 5.41. The molecule has 1 saturated carbocycles. The second-order valence-corrected chi connectivity index (χ2v) is 4.75. The lowest BCUT2D eigenvalue weighted by atomic mass is 10.0. The number of methoxy groups -OCH3 is 1. The van der Waals surface area contributed by atoms with Gasteiger partial charge in [-0.05, 0) is 36.5 Å². The second-order valence-electron chi connectivity index (χ2n) is 4.75. The molecule has 0 saturated heterocycles. The Morgan fingerprint density at radius 3 is 2.71 bits per heavy atom. The summed E-state index contributed by atoms with van der Waals surface area (Å²) < 4.78 is 11.1. The molecule has 17 heavy (non-hydrogen) atoms. The maximum absolute atomic E-state index is 9.13. The van der Waals surface area contributed by atoms with E-state index in [2.05, 4.69) is 0 Å². The van der Waals surface area contributed by atoms with Crippen molar-refractivity contribution in [3.05, 3.63) is 23.8 Å². The highest BCUT2D eigenvalue weighted by atomic mass is 16.5. The lowest BCUT2D eigenvalue weighted by Gasteiger charge is -2.14. The van der Waals surface area contributed by atoms with Gasteiger partial charge in [0.25, 0.3) is 0 Å². The van der Waals surface area contributed by atoms with Gasteiger partial charge in [-0.1, -0.05) is 13.0 Å². The van der Waals surface area contributed by atoms with Gasteiger partial charge in [-0.3, -0.25) is 0 Å². The highest BCUT2D eigenvalue weighted by Crippen LogP contribution is 2.34. The molecule has 1 aromatic rings. The van der Waals surface area contributed by atoms with Gasteiger partial charge in [-0.15, -0.1) is 0 Å². The van der Waals surface area contributed by atoms with E-state index in [1.807, 2.05) is 25.1 Å². The largest absolute Gasteiger partial charge is 0.493 e. The van der Waals surface area contributed by atoms with Crippen LogP contribution in [0.25, 0.3) is 0 Å². The fourth-order valence-corrected chi connectivity index (χ4v) is 1.71. The molecular formula is C14H20O3. The summed E-state index contributed by atoms with van der Waals surface area (Å²) in [6.07, 6.45) is 2.56. The predicted octanol–water partition coefficient (Wildman–Crippen LogP) is 2.58. The number of aliphatic hydroxyl groups is 1. The fourth-order valence-electron chi connectivity index (χ4n) is 1.71. The molecule has 94 valence electrons. The van der Waals surface area contributed by atoms with Gasteiger partial charge in [0.2, 0.25) is 0 Å². The summed E-state index contributed by atoms with van der Waals surface area (Å²) in [5, 5.41) is 9.13. The smallest absolute Gasteiger partial charge is 0.161 e. The van der Waals surface area contributed by atoms with Crippen molar-refractivity contribution in [2.24, 2.45) is 5.92 Å². The topological polar surface area (TPSA) is 38.7 Å². The van der Waals surface area contributed by atoms with Crippen LogP contribution < -0.4 is 9.47 Å². The maximum atomic E-state index is 9.13. The highest BCUT2D eigenvalue weighted by Gasteiger charge is 2.22. The van der Waals surface area contributed by atoms with Crippen LogP contribution in [0.15, 0.2) is 18.2 Å². The molecule has 1 fully saturated rings. The zero-order valence-electron chi connectivity index (χ0n) is 10.5. The number of ether oxygens (including phenoxy) is 2. The highest BCUT2D eigenvalue weighted by molar-refractivity contribution is 5.43. The van der Waals surface area contributed by atoms with Crippen LogP contribution in [0.3, 0.4) is 0 Å². The van der Waals surface area contributed by atoms with Crippen molar-refractivity contribution in [3.8, 4) is 11.5 Å². The van der Waals surface area contributed by atoms with E-state index < -0.39 is 0 Å². The number of rotatable bonds is 6. The Labute approximate surface area is 102 Å². The molecule has 0 radical (unpaired) electrons. The van der Waals surface area contributed by atoms with E-state index in [1.54, 1.807) is 7.11 Å². The molecule has 0 heterocycles. The van der Waals surface area contributed by atoms with Gasteiger partial charge < -0.3 is 14.6 Å². The molecule has 0 bridgehead atoms. The third kappa shape index (κ3) is 3.13. The van der Waals surface area contributed by atoms with Gasteiger partial charge in [-0.25, -0.2) is 0 Å². The minimum atomic E-state index is 0.126. The Kier molecular flexibility index (Phi) is 3.89. The van der Waals surface area contributed by atoms with Crippen LogP contribution in [0, 0.1) is 5.92 Å². The molecular weight excluding hydrogens is 216 g/mol. The van der Waals surface area contributed by atoms with Gasteiger partial charge in [-0.2, -0.15) is 0 Å². The summed E-state index contributed by atoms with van der Waals surface area (Å²) >= 11 is 0. The van der Waals surface area contributed by atoms with E-state index >= 15 is 0 Å². The van der Waals surface area contributed by atoms with E-state index in [0.29, 0.717) is 0 Å². The summed E-state index contributed by atoms with van der Waals surface area (Å²) in [6, 6.07) is 5.87. The van der Waals surface area contributed by atoms with E-state index in [9.17, 15) is 0 Å². The zero-order chi connectivity index (χ0) is 12.3. The molecule has 1 N–H and O–H groups in total. The molecule has 0 spiro atoms. The lowest BCUT2D eigenvalue weighted by molar-refractivity contribution is 0.270. The molecule has 0 aliphatic heterocycles. The van der Waals surface area contributed by atoms with Crippen molar-refractivity contribution in [1.82, 2.24) is 0 Å². The van der Waals surface area contributed by atoms with E-state index in [1.165, 1.54) is 12.8 Å². The van der Waals surface area contributed by atoms with Crippen molar-refractivity contribution in [1.29, 1.82) is 0 Å². The molecule has 0 amide bonds. The van der Waals surface area contributed by atoms with Crippen LogP contribution in [0.5, 0.6) is 11.5 Å². The van der Waals surface area contributed by atoms with E-state index in [-0.39, 0.29) is 12.5 Å². The number of hydrogen-bond acceptors (Lipinski definition) is 3. The minimum absolute atomic E-state index is 0.126. The third-order valence-electron chi connectivity index (χ3n) is 3.20. The quantitative estimate of drug-likeness (QED) is 0.825. The molecule has 1 aliphatic rings. The van der Waals surface area contributed by atoms with Crippen LogP contribution in [0.2, 0.25) is 0 Å². The Balaban J connectivity index is 2.09. The standard InChI is InChI=1S/C14H20O3/c1-10(8-15)12-5-6-13(14(7-12)16-2)17-9-11-3-4-11/h5-7,10-11,15H,3-4,8-9H2,1-2H3. The van der Waals surface area contributed by atoms with Crippen LogP contribution in [0.4, 0.5) is 0 Å². The zero-order valence-corrected chi connectivity index (χ0v) is 10.5. The lowest BCUT2D eigenvalue weighted by Crippen LogP contribution is -2.03. The fraction of sp³-hybridized carbons (Fsp3) is 0.571. The first-order valence-electron chi connectivity index (χ1n) is 6.16. The molecule has 1 atom stereocenters. The first-order chi connectivity index (χ1) is 8.24. The molecule has 0 aromatic heterocycles. The van der Waals surface area contributed by atoms with Crippen molar-refractivity contribution in [3.63, 3.8) is 0 Å². The van der Waals surface area contributed by atoms with Crippen molar-refractivity contribution in [2.45, 2.75) is 25.7 Å². The average Bonchev–Trinajstić information content (AvgIpc) is 3.19. The number of aliphatic hydroxyl groups excluding tert-OH is 1. The van der Waals surface area contributed by atoms with Crippen molar-refractivity contribution in [2.75, 3.05) is 20.3 Å². The van der Waals surface area contributed by atoms with Gasteiger partial charge >= 0.3 is 0 Å². The summed E-state index contributed by atoms with van der Waals surface area (Å²) in [6.45, 7) is 2.91. The summed E-state index contributed by atoms with van der Waals surface area (Å²) in [5.41, 5.74) is 1.07. The van der Waals surface area contributed by atoms with Gasteiger partial charge in [0.15, 0.2) is 11.5 Å². The van der Waals surface area contributed by atoms with Gasteiger partial charge in [0.05, 0.1) is 13.7 Å². The van der Waals surface area contributed by atoms with Crippen LogP contribution in [-0.4, -0.2) is 25.4 Å². The Morgan fingerprint density at radius 2 is 2.12 bits per heavy atom. The molecule has 3 nitrogen and oxygen atoms in total. The number of benzene rings is 1. The molecule has 1 aromatic carbocycles. The Hall–Kier alpha value is -1.22. The minimum Gasteiger partial charge on any atom is -0.493 e. The monoisotopic (exact) mass is 236 g/mol. The normalized spacial score (nSPS) is 16.6. The molecule has 1 aliphatic carbocycles. The van der Waals surface area contributed by atoms with Crippen LogP contribution >= 0.6 is 0 Å². The van der Waals surface area contributed by atoms with Crippen molar-refractivity contribution >= 4 is 0 Å². The Bertz CT molecular complexity index is 372. The first kappa shape index (κ1) is 12.2. The van der Waals surface area contributed by atoms with E-state index in [4.69, 9.17) is 14.6 Å². The predicted molar refractivity (Wildman–Crippen MR) is 66.7 cm³/mol. The molecule has 1 unspecified atom stereocenters.